The van der Waals surface area contributed by atoms with Crippen LogP contribution in [0.1, 0.15) is 17.3 Å². The quantitative estimate of drug-likeness (QED) is 0.704. The number of sulfonamides is 1. The van der Waals surface area contributed by atoms with E-state index >= 15 is 0 Å². The van der Waals surface area contributed by atoms with Gasteiger partial charge in [-0.2, -0.15) is 0 Å². The third-order valence-corrected chi connectivity index (χ3v) is 5.36. The topological polar surface area (TPSA) is 75.7 Å². The molecule has 0 unspecified atom stereocenters. The average Bonchev–Trinajstić information content (AvgIpc) is 2.58. The molecule has 0 saturated heterocycles. The van der Waals surface area contributed by atoms with Gasteiger partial charge in [-0.15, -0.1) is 0 Å². The summed E-state index contributed by atoms with van der Waals surface area (Å²) < 4.78 is 58.7. The highest BCUT2D eigenvalue weighted by Crippen LogP contribution is 2.35. The standard InChI is InChI=1S/C17H17BrF2N2O4S/c1-4-27(24,25)21-16-12(17(23)22(2)3)8-11(9-13(16)18)26-15-6-5-10(19)7-14(15)20/h5-9,21H,4H2,1-3H3. The molecule has 6 nitrogen and oxygen atoms in total. The highest BCUT2D eigenvalue weighted by molar-refractivity contribution is 9.10. The van der Waals surface area contributed by atoms with E-state index in [4.69, 9.17) is 4.74 Å². The van der Waals surface area contributed by atoms with E-state index in [1.165, 1.54) is 38.1 Å². The summed E-state index contributed by atoms with van der Waals surface area (Å²) in [5.74, 6) is -2.52. The zero-order valence-electron chi connectivity index (χ0n) is 14.7. The maximum atomic E-state index is 13.8. The Morgan fingerprint density at radius 2 is 1.89 bits per heavy atom. The van der Waals surface area contributed by atoms with Gasteiger partial charge in [-0.25, -0.2) is 17.2 Å². The van der Waals surface area contributed by atoms with Gasteiger partial charge in [0.25, 0.3) is 5.91 Å². The zero-order chi connectivity index (χ0) is 20.4. The van der Waals surface area contributed by atoms with E-state index < -0.39 is 27.6 Å². The highest BCUT2D eigenvalue weighted by atomic mass is 79.9. The van der Waals surface area contributed by atoms with Crippen LogP contribution in [-0.2, 0) is 10.0 Å². The Morgan fingerprint density at radius 1 is 1.22 bits per heavy atom. The van der Waals surface area contributed by atoms with Crippen molar-refractivity contribution in [3.63, 3.8) is 0 Å². The van der Waals surface area contributed by atoms with Crippen molar-refractivity contribution in [3.05, 3.63) is 52.0 Å². The SMILES string of the molecule is CCS(=O)(=O)Nc1c(Br)cc(Oc2ccc(F)cc2F)cc1C(=O)N(C)C. The van der Waals surface area contributed by atoms with Crippen LogP contribution in [-0.4, -0.2) is 39.1 Å². The lowest BCUT2D eigenvalue weighted by Crippen LogP contribution is -2.25. The summed E-state index contributed by atoms with van der Waals surface area (Å²) in [7, 11) is -0.650. The number of nitrogens with one attached hydrogen (secondary N) is 1. The summed E-state index contributed by atoms with van der Waals surface area (Å²) in [5, 5.41) is 0. The fourth-order valence-electron chi connectivity index (χ4n) is 2.07. The van der Waals surface area contributed by atoms with E-state index in [0.29, 0.717) is 6.07 Å². The van der Waals surface area contributed by atoms with Crippen LogP contribution in [0.4, 0.5) is 14.5 Å². The van der Waals surface area contributed by atoms with Gasteiger partial charge in [0.2, 0.25) is 10.0 Å². The lowest BCUT2D eigenvalue weighted by atomic mass is 10.1. The van der Waals surface area contributed by atoms with E-state index in [1.54, 1.807) is 0 Å². The lowest BCUT2D eigenvalue weighted by molar-refractivity contribution is 0.0828. The van der Waals surface area contributed by atoms with E-state index in [2.05, 4.69) is 20.7 Å². The molecule has 0 aliphatic carbocycles. The third kappa shape index (κ3) is 5.16. The van der Waals surface area contributed by atoms with E-state index in [-0.39, 0.29) is 33.0 Å². The second-order valence-electron chi connectivity index (χ2n) is 5.71. The Hall–Kier alpha value is -2.20. The number of carbonyl (C=O) groups excluding carboxylic acids is 1. The first-order valence-electron chi connectivity index (χ1n) is 7.72. The molecular formula is C17H17BrF2N2O4S. The van der Waals surface area contributed by atoms with Gasteiger partial charge in [0.15, 0.2) is 11.6 Å². The van der Waals surface area contributed by atoms with Gasteiger partial charge >= 0.3 is 0 Å². The number of nitrogens with zero attached hydrogens (tertiary/aromatic N) is 1. The van der Waals surface area contributed by atoms with Crippen molar-refractivity contribution in [1.29, 1.82) is 0 Å². The minimum atomic E-state index is -3.65. The molecule has 2 aromatic carbocycles. The molecular weight excluding hydrogens is 446 g/mol. The number of hydrogen-bond donors (Lipinski definition) is 1. The van der Waals surface area contributed by atoms with Gasteiger partial charge in [-0.1, -0.05) is 0 Å². The van der Waals surface area contributed by atoms with E-state index in [1.807, 2.05) is 0 Å². The van der Waals surface area contributed by atoms with Crippen LogP contribution in [0.2, 0.25) is 0 Å². The summed E-state index contributed by atoms with van der Waals surface area (Å²) in [6.07, 6.45) is 0. The normalized spacial score (nSPS) is 11.2. The van der Waals surface area contributed by atoms with Crippen molar-refractivity contribution in [1.82, 2.24) is 4.90 Å². The monoisotopic (exact) mass is 462 g/mol. The molecule has 0 fully saturated rings. The molecule has 0 aliphatic heterocycles. The first kappa shape index (κ1) is 21.1. The number of amides is 1. The van der Waals surface area contributed by atoms with Crippen molar-refractivity contribution in [2.45, 2.75) is 6.92 Å². The predicted molar refractivity (Wildman–Crippen MR) is 102 cm³/mol. The van der Waals surface area contributed by atoms with Crippen LogP contribution < -0.4 is 9.46 Å². The average molecular weight is 463 g/mol. The molecule has 0 heterocycles. The molecule has 146 valence electrons. The molecule has 1 N–H and O–H groups in total. The smallest absolute Gasteiger partial charge is 0.255 e. The van der Waals surface area contributed by atoms with Crippen LogP contribution in [0.15, 0.2) is 34.8 Å². The highest BCUT2D eigenvalue weighted by Gasteiger charge is 2.22. The van der Waals surface area contributed by atoms with Crippen LogP contribution in [0.3, 0.4) is 0 Å². The van der Waals surface area contributed by atoms with Crippen molar-refractivity contribution in [2.75, 3.05) is 24.6 Å². The summed E-state index contributed by atoms with van der Waals surface area (Å²) >= 11 is 3.21. The molecule has 10 heteroatoms. The zero-order valence-corrected chi connectivity index (χ0v) is 17.1. The minimum absolute atomic E-state index is 0.00363. The van der Waals surface area contributed by atoms with Gasteiger partial charge in [0.1, 0.15) is 11.6 Å². The molecule has 0 aromatic heterocycles. The molecule has 27 heavy (non-hydrogen) atoms. The number of hydrogen-bond acceptors (Lipinski definition) is 4. The maximum absolute atomic E-state index is 13.8. The Morgan fingerprint density at radius 3 is 2.44 bits per heavy atom. The lowest BCUT2D eigenvalue weighted by Gasteiger charge is -2.18. The Labute approximate surface area is 164 Å². The predicted octanol–water partition coefficient (Wildman–Crippen LogP) is 3.98. The number of carbonyl (C=O) groups is 1. The maximum Gasteiger partial charge on any atom is 0.255 e. The molecule has 0 spiro atoms. The number of benzene rings is 2. The fourth-order valence-corrected chi connectivity index (χ4v) is 3.41. The molecule has 1 amide bonds. The van der Waals surface area contributed by atoms with Crippen LogP contribution in [0.25, 0.3) is 0 Å². The van der Waals surface area contributed by atoms with E-state index in [0.717, 1.165) is 12.1 Å². The molecule has 0 aliphatic rings. The molecule has 2 rings (SSSR count). The number of rotatable bonds is 6. The minimum Gasteiger partial charge on any atom is -0.454 e. The Bertz CT molecular complexity index is 981. The number of halogens is 3. The van der Waals surface area contributed by atoms with Gasteiger partial charge in [0.05, 0.1) is 17.0 Å². The third-order valence-electron chi connectivity index (χ3n) is 3.46. The first-order valence-corrected chi connectivity index (χ1v) is 10.2. The summed E-state index contributed by atoms with van der Waals surface area (Å²) in [6, 6.07) is 5.47. The fraction of sp³-hybridized carbons (Fsp3) is 0.235. The Balaban J connectivity index is 2.54. The summed E-state index contributed by atoms with van der Waals surface area (Å²) in [5.41, 5.74) is 0.0476. The second kappa shape index (κ2) is 8.22. The largest absolute Gasteiger partial charge is 0.454 e. The molecule has 0 saturated carbocycles. The van der Waals surface area contributed by atoms with Crippen molar-refractivity contribution in [2.24, 2.45) is 0 Å². The van der Waals surface area contributed by atoms with Crippen molar-refractivity contribution < 1.29 is 26.7 Å². The molecule has 0 atom stereocenters. The number of anilines is 1. The van der Waals surface area contributed by atoms with Gasteiger partial charge in [-0.05, 0) is 47.1 Å². The molecule has 0 bridgehead atoms. The summed E-state index contributed by atoms with van der Waals surface area (Å²) in [6.45, 7) is 1.46. The van der Waals surface area contributed by atoms with Crippen molar-refractivity contribution >= 4 is 37.5 Å². The second-order valence-corrected chi connectivity index (χ2v) is 8.57. The van der Waals surface area contributed by atoms with Crippen molar-refractivity contribution in [3.8, 4) is 11.5 Å². The summed E-state index contributed by atoms with van der Waals surface area (Å²) in [4.78, 5) is 13.8. The van der Waals surface area contributed by atoms with Gasteiger partial charge in [0, 0.05) is 24.6 Å². The van der Waals surface area contributed by atoms with Crippen LogP contribution in [0.5, 0.6) is 11.5 Å². The first-order chi connectivity index (χ1) is 12.5. The number of ether oxygens (including phenoxy) is 1. The van der Waals surface area contributed by atoms with Crippen LogP contribution in [0, 0.1) is 11.6 Å². The molecule has 2 aromatic rings. The molecule has 0 radical (unpaired) electrons. The van der Waals surface area contributed by atoms with E-state index in [9.17, 15) is 22.0 Å². The van der Waals surface area contributed by atoms with Crippen LogP contribution >= 0.6 is 15.9 Å². The van der Waals surface area contributed by atoms with Gasteiger partial charge < -0.3 is 9.64 Å². The van der Waals surface area contributed by atoms with Gasteiger partial charge in [-0.3, -0.25) is 9.52 Å². The Kier molecular flexibility index (Phi) is 6.42.